The molecule has 0 bridgehead atoms. The van der Waals surface area contributed by atoms with Crippen molar-refractivity contribution in [3.63, 3.8) is 0 Å². The van der Waals surface area contributed by atoms with E-state index in [1.807, 2.05) is 36.4 Å². The summed E-state index contributed by atoms with van der Waals surface area (Å²) in [5.74, 6) is 0.507. The van der Waals surface area contributed by atoms with E-state index >= 15 is 0 Å². The summed E-state index contributed by atoms with van der Waals surface area (Å²) in [6, 6.07) is 17.9. The number of methoxy groups -OCH3 is 1. The number of hydrogen-bond donors (Lipinski definition) is 3. The Balaban J connectivity index is 1.50. The normalized spacial score (nSPS) is 13.4. The number of rotatable bonds is 8. The highest BCUT2D eigenvalue weighted by Gasteiger charge is 2.19. The van der Waals surface area contributed by atoms with E-state index in [0.29, 0.717) is 34.7 Å². The third-order valence-electron chi connectivity index (χ3n) is 6.45. The summed E-state index contributed by atoms with van der Waals surface area (Å²) in [6.07, 6.45) is 1.33. The minimum Gasteiger partial charge on any atom is -0.481 e. The molecule has 0 aliphatic carbocycles. The number of nitrogens with one attached hydrogen (secondary N) is 2. The molecule has 4 aromatic rings. The van der Waals surface area contributed by atoms with Gasteiger partial charge in [0.1, 0.15) is 0 Å². The Kier molecular flexibility index (Phi) is 7.74. The summed E-state index contributed by atoms with van der Waals surface area (Å²) in [4.78, 5) is 9.31. The Bertz CT molecular complexity index is 1440. The maximum atomic E-state index is 9.50. The van der Waals surface area contributed by atoms with Crippen molar-refractivity contribution >= 4 is 23.2 Å². The molecule has 1 aliphatic heterocycles. The number of aliphatic hydroxyl groups is 1. The van der Waals surface area contributed by atoms with Crippen LogP contribution in [0, 0.1) is 0 Å². The highest BCUT2D eigenvalue weighted by atomic mass is 35.5. The van der Waals surface area contributed by atoms with E-state index in [4.69, 9.17) is 32.9 Å². The Morgan fingerprint density at radius 2 is 1.78 bits per heavy atom. The molecule has 190 valence electrons. The van der Waals surface area contributed by atoms with Crippen LogP contribution in [-0.4, -0.2) is 34.8 Å². The lowest BCUT2D eigenvalue weighted by Gasteiger charge is -2.15. The quantitative estimate of drug-likeness (QED) is 0.262. The highest BCUT2D eigenvalue weighted by molar-refractivity contribution is 6.39. The molecule has 1 unspecified atom stereocenters. The van der Waals surface area contributed by atoms with Gasteiger partial charge in [-0.05, 0) is 36.2 Å². The maximum absolute atomic E-state index is 9.50. The molecule has 0 amide bonds. The summed E-state index contributed by atoms with van der Waals surface area (Å²) in [5, 5.41) is 17.2. The fourth-order valence-electron chi connectivity index (χ4n) is 4.58. The number of pyridine rings is 2. The molecule has 6 nitrogen and oxygen atoms in total. The van der Waals surface area contributed by atoms with Crippen LogP contribution in [0.1, 0.15) is 23.6 Å². The Morgan fingerprint density at radius 1 is 1.00 bits per heavy atom. The first-order chi connectivity index (χ1) is 18.0. The van der Waals surface area contributed by atoms with Gasteiger partial charge in [-0.2, -0.15) is 0 Å². The van der Waals surface area contributed by atoms with Crippen LogP contribution >= 0.6 is 23.2 Å². The lowest BCUT2D eigenvalue weighted by atomic mass is 9.98. The maximum Gasteiger partial charge on any atom is 0.218 e. The summed E-state index contributed by atoms with van der Waals surface area (Å²) < 4.78 is 5.54. The monoisotopic (exact) mass is 534 g/mol. The smallest absolute Gasteiger partial charge is 0.218 e. The summed E-state index contributed by atoms with van der Waals surface area (Å²) in [6.45, 7) is 4.48. The van der Waals surface area contributed by atoms with Crippen LogP contribution in [0.4, 0.5) is 0 Å². The van der Waals surface area contributed by atoms with Gasteiger partial charge in [0.05, 0.1) is 34.6 Å². The van der Waals surface area contributed by atoms with Crippen LogP contribution in [0.5, 0.6) is 5.88 Å². The molecule has 0 saturated heterocycles. The zero-order valence-corrected chi connectivity index (χ0v) is 22.2. The molecule has 2 aromatic carbocycles. The fourth-order valence-corrected chi connectivity index (χ4v) is 5.23. The van der Waals surface area contributed by atoms with Crippen molar-refractivity contribution in [3.8, 4) is 39.5 Å². The molecular weight excluding hydrogens is 507 g/mol. The molecule has 1 aliphatic rings. The summed E-state index contributed by atoms with van der Waals surface area (Å²) in [5.41, 5.74) is 8.26. The van der Waals surface area contributed by atoms with Crippen molar-refractivity contribution in [1.82, 2.24) is 20.6 Å². The van der Waals surface area contributed by atoms with Crippen molar-refractivity contribution in [1.29, 1.82) is 0 Å². The van der Waals surface area contributed by atoms with Gasteiger partial charge in [-0.3, -0.25) is 4.98 Å². The lowest BCUT2D eigenvalue weighted by molar-refractivity contribution is 0.190. The summed E-state index contributed by atoms with van der Waals surface area (Å²) >= 11 is 13.9. The third-order valence-corrected chi connectivity index (χ3v) is 7.24. The Labute approximate surface area is 226 Å². The molecule has 2 aromatic heterocycles. The van der Waals surface area contributed by atoms with Gasteiger partial charge in [0, 0.05) is 60.2 Å². The van der Waals surface area contributed by atoms with Crippen molar-refractivity contribution in [3.05, 3.63) is 87.5 Å². The topological polar surface area (TPSA) is 79.3 Å². The lowest BCUT2D eigenvalue weighted by Crippen LogP contribution is -2.24. The molecule has 0 fully saturated rings. The third kappa shape index (κ3) is 5.35. The molecule has 5 rings (SSSR count). The van der Waals surface area contributed by atoms with Gasteiger partial charge in [0.2, 0.25) is 5.88 Å². The van der Waals surface area contributed by atoms with Crippen molar-refractivity contribution in [2.24, 2.45) is 0 Å². The van der Waals surface area contributed by atoms with E-state index in [9.17, 15) is 5.11 Å². The molecule has 3 heterocycles. The standard InChI is InChI=1S/C29H28Cl2N4O2/c1-17(36)13-32-15-20-8-9-25(35-29(20)37-2)24-5-3-4-22(26(24)30)23-10-11-34-28(27(23)31)18-6-7-19-14-33-16-21(19)12-18/h3-12,17,32-33,36H,13-16H2,1-2H3. The first kappa shape index (κ1) is 25.6. The summed E-state index contributed by atoms with van der Waals surface area (Å²) in [7, 11) is 1.59. The van der Waals surface area contributed by atoms with Crippen LogP contribution < -0.4 is 15.4 Å². The number of fused-ring (bicyclic) bond motifs is 1. The van der Waals surface area contributed by atoms with Crippen LogP contribution in [0.15, 0.2) is 60.8 Å². The predicted octanol–water partition coefficient (Wildman–Crippen LogP) is 5.87. The van der Waals surface area contributed by atoms with E-state index in [1.54, 1.807) is 20.2 Å². The molecule has 1 atom stereocenters. The largest absolute Gasteiger partial charge is 0.481 e. The predicted molar refractivity (Wildman–Crippen MR) is 149 cm³/mol. The highest BCUT2D eigenvalue weighted by Crippen LogP contribution is 2.42. The average Bonchev–Trinajstić information content (AvgIpc) is 3.37. The van der Waals surface area contributed by atoms with E-state index in [2.05, 4.69) is 33.8 Å². The average molecular weight is 535 g/mol. The molecule has 0 radical (unpaired) electrons. The van der Waals surface area contributed by atoms with Gasteiger partial charge in [-0.1, -0.05) is 59.6 Å². The second-order valence-electron chi connectivity index (χ2n) is 9.12. The molecule has 0 spiro atoms. The number of hydrogen-bond acceptors (Lipinski definition) is 6. The van der Waals surface area contributed by atoms with Gasteiger partial charge in [-0.25, -0.2) is 4.98 Å². The number of benzene rings is 2. The fraction of sp³-hybridized carbons (Fsp3) is 0.241. The number of aliphatic hydroxyl groups excluding tert-OH is 1. The number of ether oxygens (including phenoxy) is 1. The number of halogens is 2. The molecule has 0 saturated carbocycles. The number of aromatic nitrogens is 2. The zero-order chi connectivity index (χ0) is 25.9. The second-order valence-corrected chi connectivity index (χ2v) is 9.88. The second kappa shape index (κ2) is 11.2. The first-order valence-corrected chi connectivity index (χ1v) is 12.9. The minimum atomic E-state index is -0.431. The van der Waals surface area contributed by atoms with E-state index in [-0.39, 0.29) is 0 Å². The Morgan fingerprint density at radius 3 is 2.59 bits per heavy atom. The zero-order valence-electron chi connectivity index (χ0n) is 20.7. The van der Waals surface area contributed by atoms with Crippen LogP contribution in [0.25, 0.3) is 33.6 Å². The van der Waals surface area contributed by atoms with Crippen LogP contribution in [0.2, 0.25) is 10.0 Å². The minimum absolute atomic E-state index is 0.431. The Hall–Kier alpha value is -3.00. The van der Waals surface area contributed by atoms with Gasteiger partial charge in [-0.15, -0.1) is 0 Å². The van der Waals surface area contributed by atoms with Crippen molar-refractivity contribution in [2.75, 3.05) is 13.7 Å². The molecular formula is C29H28Cl2N4O2. The van der Waals surface area contributed by atoms with Crippen LogP contribution in [0.3, 0.4) is 0 Å². The molecule has 8 heteroatoms. The van der Waals surface area contributed by atoms with E-state index in [1.165, 1.54) is 11.1 Å². The first-order valence-electron chi connectivity index (χ1n) is 12.2. The van der Waals surface area contributed by atoms with Crippen molar-refractivity contribution in [2.45, 2.75) is 32.7 Å². The van der Waals surface area contributed by atoms with Gasteiger partial charge < -0.3 is 20.5 Å². The van der Waals surface area contributed by atoms with E-state index < -0.39 is 6.10 Å². The molecule has 3 N–H and O–H groups in total. The van der Waals surface area contributed by atoms with Gasteiger partial charge in [0.15, 0.2) is 0 Å². The van der Waals surface area contributed by atoms with Gasteiger partial charge >= 0.3 is 0 Å². The van der Waals surface area contributed by atoms with E-state index in [0.717, 1.165) is 46.6 Å². The SMILES string of the molecule is COc1nc(-c2cccc(-c3ccnc(-c4ccc5c(c4)CNC5)c3Cl)c2Cl)ccc1CNCC(C)O. The number of nitrogens with zero attached hydrogens (tertiary/aromatic N) is 2. The van der Waals surface area contributed by atoms with Gasteiger partial charge in [0.25, 0.3) is 0 Å². The molecule has 37 heavy (non-hydrogen) atoms. The van der Waals surface area contributed by atoms with Crippen LogP contribution in [-0.2, 0) is 19.6 Å². The van der Waals surface area contributed by atoms with Crippen molar-refractivity contribution < 1.29 is 9.84 Å².